The van der Waals surface area contributed by atoms with Crippen LogP contribution in [-0.4, -0.2) is 18.4 Å². The molecule has 2 heterocycles. The number of fused-ring (bicyclic) bond motifs is 2. The van der Waals surface area contributed by atoms with Crippen LogP contribution in [0.15, 0.2) is 60.0 Å². The Hall–Kier alpha value is -3.12. The third-order valence-electron chi connectivity index (χ3n) is 4.41. The summed E-state index contributed by atoms with van der Waals surface area (Å²) < 4.78 is 5.97. The molecule has 1 aliphatic heterocycles. The molecule has 27 heavy (non-hydrogen) atoms. The van der Waals surface area contributed by atoms with Crippen LogP contribution in [0.25, 0.3) is 0 Å². The molecule has 1 N–H and O–H groups in total. The quantitative estimate of drug-likeness (QED) is 0.730. The lowest BCUT2D eigenvalue weighted by Gasteiger charge is -2.20. The summed E-state index contributed by atoms with van der Waals surface area (Å²) in [6.45, 7) is 2.86. The van der Waals surface area contributed by atoms with Crippen molar-refractivity contribution in [2.24, 2.45) is 0 Å². The van der Waals surface area contributed by atoms with Crippen LogP contribution in [0.3, 0.4) is 0 Å². The van der Waals surface area contributed by atoms with Crippen molar-refractivity contribution in [2.75, 3.05) is 11.4 Å². The SMILES string of the molecule is CCN1C(=O)c2ccccc2Oc2ccc(C(=O)NCc3cccs3)cc21. The molecule has 6 heteroatoms. The molecule has 0 spiro atoms. The Labute approximate surface area is 161 Å². The number of benzene rings is 2. The fraction of sp³-hybridized carbons (Fsp3) is 0.143. The van der Waals surface area contributed by atoms with Gasteiger partial charge in [0.2, 0.25) is 0 Å². The third-order valence-corrected chi connectivity index (χ3v) is 5.29. The standard InChI is InChI=1S/C21H18N2O3S/c1-2-23-17-12-14(20(24)22-13-15-6-5-11-27-15)9-10-19(17)26-18-8-4-3-7-16(18)21(23)25/h3-12H,2,13H2,1H3,(H,22,24). The Morgan fingerprint density at radius 3 is 2.74 bits per heavy atom. The number of thiophene rings is 1. The van der Waals surface area contributed by atoms with Crippen LogP contribution in [-0.2, 0) is 6.54 Å². The first kappa shape index (κ1) is 17.3. The number of hydrogen-bond donors (Lipinski definition) is 1. The predicted molar refractivity (Wildman–Crippen MR) is 106 cm³/mol. The number of para-hydroxylation sites is 1. The lowest BCUT2D eigenvalue weighted by atomic mass is 10.1. The molecular formula is C21H18N2O3S. The van der Waals surface area contributed by atoms with Crippen LogP contribution < -0.4 is 15.0 Å². The molecule has 0 fully saturated rings. The smallest absolute Gasteiger partial charge is 0.262 e. The molecule has 0 unspecified atom stereocenters. The average molecular weight is 378 g/mol. The van der Waals surface area contributed by atoms with Gasteiger partial charge in [0.05, 0.1) is 17.8 Å². The molecule has 0 saturated heterocycles. The van der Waals surface area contributed by atoms with Gasteiger partial charge in [-0.1, -0.05) is 18.2 Å². The Balaban J connectivity index is 1.65. The maximum absolute atomic E-state index is 12.9. The van der Waals surface area contributed by atoms with Crippen LogP contribution in [0.1, 0.15) is 32.5 Å². The Morgan fingerprint density at radius 2 is 1.96 bits per heavy atom. The normalized spacial score (nSPS) is 12.6. The number of nitrogens with one attached hydrogen (secondary N) is 1. The van der Waals surface area contributed by atoms with Gasteiger partial charge in [-0.25, -0.2) is 0 Å². The highest BCUT2D eigenvalue weighted by Crippen LogP contribution is 2.39. The van der Waals surface area contributed by atoms with Gasteiger partial charge in [0.15, 0.2) is 5.75 Å². The van der Waals surface area contributed by atoms with Gasteiger partial charge in [-0.15, -0.1) is 11.3 Å². The number of rotatable bonds is 4. The average Bonchev–Trinajstić information content (AvgIpc) is 3.17. The molecule has 1 aliphatic rings. The van der Waals surface area contributed by atoms with E-state index in [1.54, 1.807) is 46.6 Å². The fourth-order valence-electron chi connectivity index (χ4n) is 3.06. The Morgan fingerprint density at radius 1 is 1.11 bits per heavy atom. The molecule has 0 bridgehead atoms. The van der Waals surface area contributed by atoms with Gasteiger partial charge in [-0.05, 0) is 48.7 Å². The summed E-state index contributed by atoms with van der Waals surface area (Å²) in [6.07, 6.45) is 0. The van der Waals surface area contributed by atoms with Crippen LogP contribution in [0.5, 0.6) is 11.5 Å². The highest BCUT2D eigenvalue weighted by Gasteiger charge is 2.27. The Bertz CT molecular complexity index is 998. The summed E-state index contributed by atoms with van der Waals surface area (Å²) in [6, 6.07) is 16.3. The zero-order chi connectivity index (χ0) is 18.8. The first-order valence-electron chi connectivity index (χ1n) is 8.70. The summed E-state index contributed by atoms with van der Waals surface area (Å²) in [4.78, 5) is 28.2. The number of amides is 2. The highest BCUT2D eigenvalue weighted by molar-refractivity contribution is 7.09. The largest absolute Gasteiger partial charge is 0.454 e. The molecule has 2 amide bonds. The number of carbonyl (C=O) groups excluding carboxylic acids is 2. The van der Waals surface area contributed by atoms with Gasteiger partial charge < -0.3 is 15.0 Å². The van der Waals surface area contributed by atoms with E-state index in [0.29, 0.717) is 41.4 Å². The van der Waals surface area contributed by atoms with Crippen LogP contribution in [0, 0.1) is 0 Å². The molecular weight excluding hydrogens is 360 g/mol. The molecule has 0 atom stereocenters. The van der Waals surface area contributed by atoms with Crippen molar-refractivity contribution in [1.29, 1.82) is 0 Å². The number of ether oxygens (including phenoxy) is 1. The van der Waals surface area contributed by atoms with E-state index in [9.17, 15) is 9.59 Å². The van der Waals surface area contributed by atoms with Crippen molar-refractivity contribution < 1.29 is 14.3 Å². The van der Waals surface area contributed by atoms with Crippen LogP contribution >= 0.6 is 11.3 Å². The maximum Gasteiger partial charge on any atom is 0.262 e. The molecule has 5 nitrogen and oxygen atoms in total. The number of nitrogens with zero attached hydrogens (tertiary/aromatic N) is 1. The molecule has 0 saturated carbocycles. The second-order valence-corrected chi connectivity index (χ2v) is 7.12. The van der Waals surface area contributed by atoms with Crippen molar-refractivity contribution >= 4 is 28.8 Å². The third kappa shape index (κ3) is 3.31. The second kappa shape index (κ2) is 7.25. The zero-order valence-corrected chi connectivity index (χ0v) is 15.6. The first-order chi connectivity index (χ1) is 13.2. The van der Waals surface area contributed by atoms with Crippen LogP contribution in [0.4, 0.5) is 5.69 Å². The van der Waals surface area contributed by atoms with E-state index in [-0.39, 0.29) is 11.8 Å². The summed E-state index contributed by atoms with van der Waals surface area (Å²) >= 11 is 1.60. The number of carbonyl (C=O) groups is 2. The zero-order valence-electron chi connectivity index (χ0n) is 14.8. The molecule has 4 rings (SSSR count). The van der Waals surface area contributed by atoms with E-state index < -0.39 is 0 Å². The van der Waals surface area contributed by atoms with Gasteiger partial charge in [0, 0.05) is 17.0 Å². The van der Waals surface area contributed by atoms with Crippen LogP contribution in [0.2, 0.25) is 0 Å². The number of hydrogen-bond acceptors (Lipinski definition) is 4. The minimum absolute atomic E-state index is 0.136. The van der Waals surface area contributed by atoms with E-state index in [1.807, 2.05) is 36.6 Å². The van der Waals surface area contributed by atoms with Gasteiger partial charge in [0.1, 0.15) is 5.75 Å². The van der Waals surface area contributed by atoms with E-state index in [0.717, 1.165) is 4.88 Å². The van der Waals surface area contributed by atoms with Gasteiger partial charge in [-0.3, -0.25) is 9.59 Å². The van der Waals surface area contributed by atoms with Gasteiger partial charge in [-0.2, -0.15) is 0 Å². The van der Waals surface area contributed by atoms with Gasteiger partial charge in [0.25, 0.3) is 11.8 Å². The summed E-state index contributed by atoms with van der Waals surface area (Å²) in [5.74, 6) is 0.763. The van der Waals surface area contributed by atoms with Crippen molar-refractivity contribution in [2.45, 2.75) is 13.5 Å². The van der Waals surface area contributed by atoms with Gasteiger partial charge >= 0.3 is 0 Å². The van der Waals surface area contributed by atoms with E-state index >= 15 is 0 Å². The highest BCUT2D eigenvalue weighted by atomic mass is 32.1. The minimum atomic E-state index is -0.184. The lowest BCUT2D eigenvalue weighted by Crippen LogP contribution is -2.30. The molecule has 2 aromatic carbocycles. The maximum atomic E-state index is 12.9. The summed E-state index contributed by atoms with van der Waals surface area (Å²) in [5.41, 5.74) is 1.60. The lowest BCUT2D eigenvalue weighted by molar-refractivity contribution is 0.0948. The minimum Gasteiger partial charge on any atom is -0.454 e. The molecule has 0 radical (unpaired) electrons. The molecule has 136 valence electrons. The van der Waals surface area contributed by atoms with E-state index in [2.05, 4.69) is 5.32 Å². The van der Waals surface area contributed by atoms with Crippen molar-refractivity contribution in [3.8, 4) is 11.5 Å². The van der Waals surface area contributed by atoms with Crippen molar-refractivity contribution in [3.63, 3.8) is 0 Å². The molecule has 1 aromatic heterocycles. The molecule has 0 aliphatic carbocycles. The molecule has 3 aromatic rings. The van der Waals surface area contributed by atoms with E-state index in [4.69, 9.17) is 4.74 Å². The van der Waals surface area contributed by atoms with E-state index in [1.165, 1.54) is 0 Å². The van der Waals surface area contributed by atoms with Crippen molar-refractivity contribution in [3.05, 3.63) is 76.0 Å². The second-order valence-electron chi connectivity index (χ2n) is 6.09. The number of anilines is 1. The summed E-state index contributed by atoms with van der Waals surface area (Å²) in [7, 11) is 0. The monoisotopic (exact) mass is 378 g/mol. The predicted octanol–water partition coefficient (Wildman–Crippen LogP) is 4.45. The first-order valence-corrected chi connectivity index (χ1v) is 9.58. The summed E-state index contributed by atoms with van der Waals surface area (Å²) in [5, 5.41) is 4.89. The Kier molecular flexibility index (Phi) is 4.64. The topological polar surface area (TPSA) is 58.6 Å². The van der Waals surface area contributed by atoms with Crippen molar-refractivity contribution in [1.82, 2.24) is 5.32 Å². The fourth-order valence-corrected chi connectivity index (χ4v) is 3.70.